The predicted molar refractivity (Wildman–Crippen MR) is 63.7 cm³/mol. The largest absolute Gasteiger partial charge is 0.593 e. The van der Waals surface area contributed by atoms with Gasteiger partial charge in [-0.25, -0.2) is 4.98 Å². The molecule has 0 amide bonds. The zero-order chi connectivity index (χ0) is 11.0. The summed E-state index contributed by atoms with van der Waals surface area (Å²) in [6.45, 7) is 0. The Labute approximate surface area is 92.6 Å². The van der Waals surface area contributed by atoms with Crippen molar-refractivity contribution in [2.75, 3.05) is 0 Å². The molecule has 16 heavy (non-hydrogen) atoms. The third-order valence-electron chi connectivity index (χ3n) is 2.61. The van der Waals surface area contributed by atoms with Crippen LogP contribution in [-0.2, 0) is 0 Å². The molecule has 0 unspecified atom stereocenters. The normalized spacial score (nSPS) is 10.8. The zero-order valence-corrected chi connectivity index (χ0v) is 8.59. The van der Waals surface area contributed by atoms with E-state index in [9.17, 15) is 0 Å². The van der Waals surface area contributed by atoms with Gasteiger partial charge in [-0.05, 0) is 29.8 Å². The van der Waals surface area contributed by atoms with Crippen LogP contribution in [0.2, 0.25) is 0 Å². The molecule has 3 nitrogen and oxygen atoms in total. The Balaban J connectivity index is 2.25. The van der Waals surface area contributed by atoms with Crippen molar-refractivity contribution in [1.82, 2.24) is 9.38 Å². The van der Waals surface area contributed by atoms with Crippen LogP contribution in [0.4, 0.5) is 0 Å². The summed E-state index contributed by atoms with van der Waals surface area (Å²) in [7, 11) is 0. The van der Waals surface area contributed by atoms with Gasteiger partial charge < -0.3 is 5.11 Å². The minimum absolute atomic E-state index is 0.529. The first kappa shape index (κ1) is 8.97. The zero-order valence-electron chi connectivity index (χ0n) is 8.59. The maximum atomic E-state index is 7.47. The highest BCUT2D eigenvalue weighted by atomic mass is 16.3. The fourth-order valence-corrected chi connectivity index (χ4v) is 1.82. The van der Waals surface area contributed by atoms with Crippen molar-refractivity contribution in [3.8, 4) is 17.0 Å². The Morgan fingerprint density at radius 1 is 1.00 bits per heavy atom. The first-order chi connectivity index (χ1) is 7.84. The van der Waals surface area contributed by atoms with E-state index in [1.54, 1.807) is 18.3 Å². The minimum atomic E-state index is 0.529. The average molecular weight is 211 g/mol. The molecule has 0 atom stereocenters. The second-order valence-corrected chi connectivity index (χ2v) is 3.64. The molecule has 2 N–H and O–H groups in total. The number of rotatable bonds is 1. The number of hydrogen-bond donors (Lipinski definition) is 0. The molecule has 3 aromatic rings. The summed E-state index contributed by atoms with van der Waals surface area (Å²) >= 11 is 0. The first-order valence-corrected chi connectivity index (χ1v) is 5.09. The van der Waals surface area contributed by atoms with Crippen LogP contribution in [0.25, 0.3) is 16.9 Å². The second kappa shape index (κ2) is 3.38. The summed E-state index contributed by atoms with van der Waals surface area (Å²) in [6.07, 6.45) is 3.73. The lowest BCUT2D eigenvalue weighted by molar-refractivity contribution is 0.475. The number of imidazole rings is 1. The SMILES string of the molecule is [OH2+]c1ccc(-c2cccc3nccn23)cc1. The molecule has 78 valence electrons. The van der Waals surface area contributed by atoms with Gasteiger partial charge in [-0.3, -0.25) is 4.40 Å². The van der Waals surface area contributed by atoms with Gasteiger partial charge in [0.2, 0.25) is 0 Å². The molecule has 1 aromatic carbocycles. The Morgan fingerprint density at radius 3 is 2.62 bits per heavy atom. The smallest absolute Gasteiger partial charge is 0.253 e. The van der Waals surface area contributed by atoms with Crippen LogP contribution in [0, 0.1) is 0 Å². The average Bonchev–Trinajstić information content (AvgIpc) is 2.78. The molecule has 0 spiro atoms. The van der Waals surface area contributed by atoms with E-state index in [0.717, 1.165) is 16.9 Å². The first-order valence-electron chi connectivity index (χ1n) is 5.09. The highest BCUT2D eigenvalue weighted by Crippen LogP contribution is 2.22. The molecule has 0 bridgehead atoms. The number of pyridine rings is 1. The van der Waals surface area contributed by atoms with Crippen LogP contribution in [0.15, 0.2) is 54.9 Å². The maximum Gasteiger partial charge on any atom is 0.253 e. The Kier molecular flexibility index (Phi) is 1.90. The lowest BCUT2D eigenvalue weighted by atomic mass is 10.1. The van der Waals surface area contributed by atoms with E-state index >= 15 is 0 Å². The van der Waals surface area contributed by atoms with Gasteiger partial charge >= 0.3 is 0 Å². The lowest BCUT2D eigenvalue weighted by Gasteiger charge is -2.04. The van der Waals surface area contributed by atoms with Gasteiger partial charge in [-0.2, -0.15) is 0 Å². The van der Waals surface area contributed by atoms with Crippen LogP contribution in [-0.4, -0.2) is 14.5 Å². The Bertz CT molecular complexity index is 626. The van der Waals surface area contributed by atoms with E-state index in [1.807, 2.05) is 40.9 Å². The molecule has 0 saturated heterocycles. The van der Waals surface area contributed by atoms with Gasteiger partial charge in [0, 0.05) is 24.5 Å². The predicted octanol–water partition coefficient (Wildman–Crippen LogP) is 2.44. The lowest BCUT2D eigenvalue weighted by Crippen LogP contribution is -1.89. The topological polar surface area (TPSA) is 40.2 Å². The van der Waals surface area contributed by atoms with Crippen molar-refractivity contribution in [3.05, 3.63) is 54.9 Å². The molecule has 0 fully saturated rings. The summed E-state index contributed by atoms with van der Waals surface area (Å²) in [5.41, 5.74) is 3.13. The van der Waals surface area contributed by atoms with Gasteiger partial charge in [0.05, 0.1) is 5.69 Å². The van der Waals surface area contributed by atoms with Crippen molar-refractivity contribution in [1.29, 1.82) is 0 Å². The standard InChI is InChI=1S/C13H10N2O/c16-11-6-4-10(5-7-11)12-2-1-3-13-14-8-9-15(12)13/h1-9,16H/p+1. The van der Waals surface area contributed by atoms with Crippen LogP contribution < -0.4 is 0 Å². The van der Waals surface area contributed by atoms with Crippen molar-refractivity contribution >= 4 is 5.65 Å². The van der Waals surface area contributed by atoms with E-state index in [0.29, 0.717) is 5.75 Å². The molecule has 0 radical (unpaired) electrons. The van der Waals surface area contributed by atoms with Gasteiger partial charge in [-0.15, -0.1) is 0 Å². The van der Waals surface area contributed by atoms with Gasteiger partial charge in [0.15, 0.2) is 0 Å². The van der Waals surface area contributed by atoms with Crippen molar-refractivity contribution in [2.24, 2.45) is 0 Å². The van der Waals surface area contributed by atoms with E-state index in [2.05, 4.69) is 4.98 Å². The van der Waals surface area contributed by atoms with Crippen LogP contribution >= 0.6 is 0 Å². The van der Waals surface area contributed by atoms with Crippen LogP contribution in [0.1, 0.15) is 0 Å². The molecule has 3 rings (SSSR count). The maximum absolute atomic E-state index is 7.47. The third kappa shape index (κ3) is 1.34. The summed E-state index contributed by atoms with van der Waals surface area (Å²) in [6, 6.07) is 13.5. The molecule has 3 heteroatoms. The fraction of sp³-hybridized carbons (Fsp3) is 0. The quantitative estimate of drug-likeness (QED) is 0.570. The molecule has 0 aliphatic rings. The Hall–Kier alpha value is -2.29. The van der Waals surface area contributed by atoms with Crippen molar-refractivity contribution < 1.29 is 5.11 Å². The van der Waals surface area contributed by atoms with E-state index in [-0.39, 0.29) is 0 Å². The van der Waals surface area contributed by atoms with Crippen molar-refractivity contribution in [2.45, 2.75) is 0 Å². The van der Waals surface area contributed by atoms with E-state index in [4.69, 9.17) is 5.11 Å². The molecule has 0 aliphatic carbocycles. The number of hydrogen-bond acceptors (Lipinski definition) is 1. The molecular weight excluding hydrogens is 200 g/mol. The van der Waals surface area contributed by atoms with Gasteiger partial charge in [0.25, 0.3) is 5.75 Å². The number of nitrogens with zero attached hydrogens (tertiary/aromatic N) is 2. The summed E-state index contributed by atoms with van der Waals surface area (Å²) in [5.74, 6) is 0.529. The van der Waals surface area contributed by atoms with Crippen molar-refractivity contribution in [3.63, 3.8) is 0 Å². The molecule has 2 aromatic heterocycles. The summed E-state index contributed by atoms with van der Waals surface area (Å²) in [5, 5.41) is 7.47. The molecule has 0 aliphatic heterocycles. The van der Waals surface area contributed by atoms with Crippen LogP contribution in [0.3, 0.4) is 0 Å². The Morgan fingerprint density at radius 2 is 1.81 bits per heavy atom. The van der Waals surface area contributed by atoms with Crippen LogP contribution in [0.5, 0.6) is 5.75 Å². The molecular formula is C13H11N2O+. The fourth-order valence-electron chi connectivity index (χ4n) is 1.82. The minimum Gasteiger partial charge on any atom is -0.593 e. The monoisotopic (exact) mass is 211 g/mol. The van der Waals surface area contributed by atoms with Gasteiger partial charge in [-0.1, -0.05) is 6.07 Å². The highest BCUT2D eigenvalue weighted by Gasteiger charge is 2.03. The van der Waals surface area contributed by atoms with Gasteiger partial charge in [0.1, 0.15) is 5.65 Å². The number of fused-ring (bicyclic) bond motifs is 1. The van der Waals surface area contributed by atoms with E-state index in [1.165, 1.54) is 0 Å². The second-order valence-electron chi connectivity index (χ2n) is 3.64. The van der Waals surface area contributed by atoms with E-state index < -0.39 is 0 Å². The number of aromatic nitrogens is 2. The number of benzene rings is 1. The highest BCUT2D eigenvalue weighted by molar-refractivity contribution is 5.64. The summed E-state index contributed by atoms with van der Waals surface area (Å²) < 4.78 is 2.04. The summed E-state index contributed by atoms with van der Waals surface area (Å²) in [4.78, 5) is 4.25. The molecule has 0 saturated carbocycles. The molecule has 2 heterocycles. The third-order valence-corrected chi connectivity index (χ3v) is 2.61.